The van der Waals surface area contributed by atoms with Crippen LogP contribution in [0.5, 0.6) is 0 Å². The molecule has 0 aromatic carbocycles. The zero-order chi connectivity index (χ0) is 16.9. The minimum Gasteiger partial charge on any atom is -0.379 e. The molecule has 0 unspecified atom stereocenters. The van der Waals surface area contributed by atoms with E-state index in [0.29, 0.717) is 15.8 Å². The number of Topliss-reactive ketones (excluding diaryl/α,β-unsaturated/α-hetero) is 1. The van der Waals surface area contributed by atoms with Gasteiger partial charge in [0.25, 0.3) is 0 Å². The number of carbonyl (C=O) groups excluding carboxylic acids is 2. The Bertz CT molecular complexity index is 553. The largest absolute Gasteiger partial charge is 0.379 e. The van der Waals surface area contributed by atoms with Gasteiger partial charge in [0.15, 0.2) is 5.78 Å². The summed E-state index contributed by atoms with van der Waals surface area (Å²) >= 11 is 7.06. The lowest BCUT2D eigenvalue weighted by Gasteiger charge is -2.40. The first-order valence-electron chi connectivity index (χ1n) is 7.76. The number of ketones is 1. The summed E-state index contributed by atoms with van der Waals surface area (Å²) < 4.78 is 5.94. The molecule has 1 aromatic rings. The molecule has 1 aliphatic heterocycles. The molecule has 1 amide bonds. The summed E-state index contributed by atoms with van der Waals surface area (Å²) in [6.45, 7) is 7.99. The minimum atomic E-state index is -0.120. The molecule has 0 atom stereocenters. The topological polar surface area (TPSA) is 58.6 Å². The van der Waals surface area contributed by atoms with Gasteiger partial charge in [0, 0.05) is 38.0 Å². The Morgan fingerprint density at radius 2 is 2.00 bits per heavy atom. The molecular formula is C16H23ClN2O3S. The zero-order valence-electron chi connectivity index (χ0n) is 13.6. The van der Waals surface area contributed by atoms with E-state index in [1.807, 2.05) is 0 Å². The van der Waals surface area contributed by atoms with Crippen LogP contribution in [0.25, 0.3) is 0 Å². The average molecular weight is 359 g/mol. The van der Waals surface area contributed by atoms with Gasteiger partial charge in [-0.1, -0.05) is 11.6 Å². The van der Waals surface area contributed by atoms with E-state index < -0.39 is 0 Å². The van der Waals surface area contributed by atoms with Crippen LogP contribution in [0.4, 0.5) is 0 Å². The molecule has 0 spiro atoms. The van der Waals surface area contributed by atoms with Gasteiger partial charge >= 0.3 is 0 Å². The fourth-order valence-corrected chi connectivity index (χ4v) is 3.51. The highest BCUT2D eigenvalue weighted by Crippen LogP contribution is 2.23. The van der Waals surface area contributed by atoms with Crippen LogP contribution in [0, 0.1) is 0 Å². The van der Waals surface area contributed by atoms with E-state index in [-0.39, 0.29) is 30.1 Å². The van der Waals surface area contributed by atoms with Crippen molar-refractivity contribution in [2.75, 3.05) is 32.8 Å². The Morgan fingerprint density at radius 3 is 2.61 bits per heavy atom. The first-order chi connectivity index (χ1) is 10.9. The van der Waals surface area contributed by atoms with E-state index in [2.05, 4.69) is 24.1 Å². The summed E-state index contributed by atoms with van der Waals surface area (Å²) in [6, 6.07) is 3.40. The lowest BCUT2D eigenvalue weighted by molar-refractivity contribution is -0.121. The zero-order valence-corrected chi connectivity index (χ0v) is 15.1. The normalized spacial score (nSPS) is 16.3. The molecule has 1 fully saturated rings. The van der Waals surface area contributed by atoms with Gasteiger partial charge in [-0.25, -0.2) is 0 Å². The van der Waals surface area contributed by atoms with E-state index in [1.165, 1.54) is 11.3 Å². The van der Waals surface area contributed by atoms with Crippen LogP contribution in [-0.4, -0.2) is 55.0 Å². The number of morpholine rings is 1. The Labute approximate surface area is 145 Å². The molecule has 1 aromatic heterocycles. The van der Waals surface area contributed by atoms with E-state index in [0.717, 1.165) is 26.3 Å². The van der Waals surface area contributed by atoms with Gasteiger partial charge < -0.3 is 10.1 Å². The Morgan fingerprint density at radius 1 is 1.30 bits per heavy atom. The van der Waals surface area contributed by atoms with Crippen molar-refractivity contribution < 1.29 is 14.3 Å². The smallest absolute Gasteiger partial charge is 0.220 e. The molecule has 7 heteroatoms. The number of hydrogen-bond acceptors (Lipinski definition) is 5. The number of thiophene rings is 1. The highest BCUT2D eigenvalue weighted by molar-refractivity contribution is 7.18. The molecule has 0 aliphatic carbocycles. The second-order valence-corrected chi connectivity index (χ2v) is 7.93. The van der Waals surface area contributed by atoms with E-state index in [1.54, 1.807) is 12.1 Å². The van der Waals surface area contributed by atoms with Gasteiger partial charge in [0.2, 0.25) is 5.91 Å². The molecule has 23 heavy (non-hydrogen) atoms. The number of carbonyl (C=O) groups is 2. The maximum Gasteiger partial charge on any atom is 0.220 e. The van der Waals surface area contributed by atoms with Crippen molar-refractivity contribution in [2.24, 2.45) is 0 Å². The van der Waals surface area contributed by atoms with Gasteiger partial charge in [-0.15, -0.1) is 11.3 Å². The summed E-state index contributed by atoms with van der Waals surface area (Å²) in [6.07, 6.45) is 0.411. The molecule has 5 nitrogen and oxygen atoms in total. The van der Waals surface area contributed by atoms with Gasteiger partial charge in [-0.05, 0) is 26.0 Å². The molecule has 2 heterocycles. The van der Waals surface area contributed by atoms with Crippen molar-refractivity contribution in [3.63, 3.8) is 0 Å². The first-order valence-corrected chi connectivity index (χ1v) is 8.96. The average Bonchev–Trinajstić information content (AvgIpc) is 2.98. The molecular weight excluding hydrogens is 336 g/mol. The maximum absolute atomic E-state index is 12.0. The van der Waals surface area contributed by atoms with Gasteiger partial charge in [0.1, 0.15) is 0 Å². The maximum atomic E-state index is 12.0. The van der Waals surface area contributed by atoms with E-state index in [9.17, 15) is 9.59 Å². The minimum absolute atomic E-state index is 0.0375. The van der Waals surface area contributed by atoms with Crippen LogP contribution < -0.4 is 5.32 Å². The van der Waals surface area contributed by atoms with Crippen molar-refractivity contribution in [1.29, 1.82) is 0 Å². The summed E-state index contributed by atoms with van der Waals surface area (Å²) in [5.41, 5.74) is -0.120. The number of ether oxygens (including phenoxy) is 1. The number of nitrogens with zero attached hydrogens (tertiary/aromatic N) is 1. The molecule has 128 valence electrons. The second-order valence-electron chi connectivity index (χ2n) is 6.22. The fourth-order valence-electron chi connectivity index (χ4n) is 2.50. The van der Waals surface area contributed by atoms with Crippen molar-refractivity contribution in [3.05, 3.63) is 21.3 Å². The highest BCUT2D eigenvalue weighted by atomic mass is 35.5. The lowest BCUT2D eigenvalue weighted by Crippen LogP contribution is -2.55. The third-order valence-electron chi connectivity index (χ3n) is 4.01. The first kappa shape index (κ1) is 18.4. The molecule has 1 N–H and O–H groups in total. The number of amides is 1. The molecule has 1 saturated heterocycles. The number of rotatable bonds is 7. The summed E-state index contributed by atoms with van der Waals surface area (Å²) in [5, 5.41) is 2.94. The Hall–Kier alpha value is -0.950. The number of hydrogen-bond donors (Lipinski definition) is 1. The standard InChI is InChI=1S/C16H23ClN2O3S/c1-16(2,19-7-9-22-10-8-19)11-18-15(21)6-3-12(20)13-4-5-14(17)23-13/h4-5H,3,6-11H2,1-2H3,(H,18,21). The summed E-state index contributed by atoms with van der Waals surface area (Å²) in [5.74, 6) is -0.133. The SMILES string of the molecule is CC(C)(CNC(=O)CCC(=O)c1ccc(Cl)s1)N1CCOCC1. The van der Waals surface area contributed by atoms with Crippen LogP contribution in [0.2, 0.25) is 4.34 Å². The van der Waals surface area contributed by atoms with Crippen LogP contribution in [0.3, 0.4) is 0 Å². The summed E-state index contributed by atoms with van der Waals surface area (Å²) in [7, 11) is 0. The Balaban J connectivity index is 1.73. The quantitative estimate of drug-likeness (QED) is 0.761. The van der Waals surface area contributed by atoms with E-state index in [4.69, 9.17) is 16.3 Å². The van der Waals surface area contributed by atoms with Crippen LogP contribution >= 0.6 is 22.9 Å². The van der Waals surface area contributed by atoms with Crippen molar-refractivity contribution in [2.45, 2.75) is 32.2 Å². The highest BCUT2D eigenvalue weighted by Gasteiger charge is 2.28. The van der Waals surface area contributed by atoms with Crippen molar-refractivity contribution in [3.8, 4) is 0 Å². The lowest BCUT2D eigenvalue weighted by atomic mass is 10.0. The molecule has 2 rings (SSSR count). The van der Waals surface area contributed by atoms with Crippen LogP contribution in [-0.2, 0) is 9.53 Å². The number of nitrogens with one attached hydrogen (secondary N) is 1. The van der Waals surface area contributed by atoms with E-state index >= 15 is 0 Å². The van der Waals surface area contributed by atoms with Gasteiger partial charge in [-0.2, -0.15) is 0 Å². The molecule has 0 bridgehead atoms. The van der Waals surface area contributed by atoms with Gasteiger partial charge in [0.05, 0.1) is 22.4 Å². The van der Waals surface area contributed by atoms with Crippen LogP contribution in [0.15, 0.2) is 12.1 Å². The fraction of sp³-hybridized carbons (Fsp3) is 0.625. The molecule has 0 radical (unpaired) electrons. The third-order valence-corrected chi connectivity index (χ3v) is 5.28. The molecule has 0 saturated carbocycles. The summed E-state index contributed by atoms with van der Waals surface area (Å²) in [4.78, 5) is 26.9. The number of halogens is 1. The van der Waals surface area contributed by atoms with Crippen molar-refractivity contribution in [1.82, 2.24) is 10.2 Å². The predicted octanol–water partition coefficient (Wildman–Crippen LogP) is 2.59. The van der Waals surface area contributed by atoms with Crippen LogP contribution in [0.1, 0.15) is 36.4 Å². The monoisotopic (exact) mass is 358 g/mol. The van der Waals surface area contributed by atoms with Crippen molar-refractivity contribution >= 4 is 34.6 Å². The third kappa shape index (κ3) is 5.57. The predicted molar refractivity (Wildman–Crippen MR) is 92.4 cm³/mol. The van der Waals surface area contributed by atoms with Gasteiger partial charge in [-0.3, -0.25) is 14.5 Å². The Kier molecular flexibility index (Phi) is 6.59. The second kappa shape index (κ2) is 8.24. The molecule has 1 aliphatic rings.